The number of aliphatic imine (C=N–C) groups is 1. The lowest BCUT2D eigenvalue weighted by Crippen LogP contribution is -2.33. The highest BCUT2D eigenvalue weighted by molar-refractivity contribution is 6.01. The summed E-state index contributed by atoms with van der Waals surface area (Å²) in [7, 11) is 1.66. The molecule has 0 fully saturated rings. The fourth-order valence-corrected chi connectivity index (χ4v) is 3.57. The molecule has 0 aliphatic carbocycles. The summed E-state index contributed by atoms with van der Waals surface area (Å²) in [5.74, 6) is 1.12. The van der Waals surface area contributed by atoms with Crippen LogP contribution in [0.25, 0.3) is 0 Å². The van der Waals surface area contributed by atoms with Gasteiger partial charge in [0.1, 0.15) is 17.7 Å². The zero-order valence-corrected chi connectivity index (χ0v) is 16.1. The van der Waals surface area contributed by atoms with Crippen molar-refractivity contribution in [3.63, 3.8) is 0 Å². The highest BCUT2D eigenvalue weighted by Crippen LogP contribution is 2.34. The average molecular weight is 372 g/mol. The number of methoxy groups -OCH3 is 1. The molecule has 0 bridgehead atoms. The molecule has 0 aromatic heterocycles. The van der Waals surface area contributed by atoms with Crippen LogP contribution in [-0.2, 0) is 0 Å². The molecular weight excluding hydrogens is 348 g/mol. The molecule has 0 spiro atoms. The maximum Gasteiger partial charge on any atom is 0.126 e. The first-order valence-corrected chi connectivity index (χ1v) is 9.45. The Kier molecular flexibility index (Phi) is 5.13. The van der Waals surface area contributed by atoms with Crippen molar-refractivity contribution >= 4 is 5.71 Å². The normalized spacial score (nSPS) is 19.1. The minimum atomic E-state index is -0.194. The first kappa shape index (κ1) is 18.3. The lowest BCUT2D eigenvalue weighted by atomic mass is 9.93. The number of benzene rings is 3. The van der Waals surface area contributed by atoms with Crippen LogP contribution in [0.2, 0.25) is 0 Å². The smallest absolute Gasteiger partial charge is 0.126 e. The van der Waals surface area contributed by atoms with E-state index in [-0.39, 0.29) is 12.2 Å². The monoisotopic (exact) mass is 372 g/mol. The Morgan fingerprint density at radius 2 is 1.68 bits per heavy atom. The zero-order chi connectivity index (χ0) is 19.5. The molecule has 0 amide bonds. The number of nitrogens with one attached hydrogen (secondary N) is 1. The standard InChI is InChI=1S/C24H24N2O2/c1-16-7-9-17(10-8-16)21-15-22(20-5-3-4-6-23(20)27)26-24(25-21)18-11-13-19(28-2)14-12-18/h3-14,22,24,26-27H,15H2,1-2H3. The van der Waals surface area contributed by atoms with Crippen molar-refractivity contribution in [2.24, 2.45) is 4.99 Å². The number of ether oxygens (including phenoxy) is 1. The van der Waals surface area contributed by atoms with E-state index >= 15 is 0 Å². The van der Waals surface area contributed by atoms with Crippen molar-refractivity contribution in [2.75, 3.05) is 7.11 Å². The Hall–Kier alpha value is -3.11. The molecule has 1 aliphatic rings. The van der Waals surface area contributed by atoms with E-state index in [2.05, 4.69) is 36.5 Å². The number of phenols is 1. The maximum atomic E-state index is 10.4. The van der Waals surface area contributed by atoms with Gasteiger partial charge in [0.05, 0.1) is 7.11 Å². The van der Waals surface area contributed by atoms with Crippen molar-refractivity contribution in [1.29, 1.82) is 0 Å². The summed E-state index contributed by atoms with van der Waals surface area (Å²) in [6.07, 6.45) is 0.522. The molecular formula is C24H24N2O2. The van der Waals surface area contributed by atoms with Gasteiger partial charge in [0, 0.05) is 23.7 Å². The van der Waals surface area contributed by atoms with Gasteiger partial charge in [-0.2, -0.15) is 0 Å². The lowest BCUT2D eigenvalue weighted by Gasteiger charge is -2.31. The summed E-state index contributed by atoms with van der Waals surface area (Å²) in [6.45, 7) is 2.08. The molecule has 2 N–H and O–H groups in total. The first-order chi connectivity index (χ1) is 13.6. The largest absolute Gasteiger partial charge is 0.508 e. The number of hydrogen-bond acceptors (Lipinski definition) is 4. The SMILES string of the molecule is COc1ccc(C2N=C(c3ccc(C)cc3)CC(c3ccccc3O)N2)cc1. The number of aryl methyl sites for hydroxylation is 1. The van der Waals surface area contributed by atoms with Crippen LogP contribution in [0.1, 0.15) is 40.9 Å². The summed E-state index contributed by atoms with van der Waals surface area (Å²) in [6, 6.07) is 23.9. The molecule has 142 valence electrons. The third-order valence-corrected chi connectivity index (χ3v) is 5.17. The van der Waals surface area contributed by atoms with Gasteiger partial charge in [-0.15, -0.1) is 0 Å². The van der Waals surface area contributed by atoms with Gasteiger partial charge in [0.15, 0.2) is 0 Å². The van der Waals surface area contributed by atoms with Gasteiger partial charge in [-0.1, -0.05) is 60.2 Å². The summed E-state index contributed by atoms with van der Waals surface area (Å²) in [5.41, 5.74) is 5.33. The Morgan fingerprint density at radius 1 is 0.964 bits per heavy atom. The Labute approximate surface area is 165 Å². The topological polar surface area (TPSA) is 53.9 Å². The third kappa shape index (κ3) is 3.78. The molecule has 1 heterocycles. The van der Waals surface area contributed by atoms with Crippen LogP contribution in [0.5, 0.6) is 11.5 Å². The number of rotatable bonds is 4. The van der Waals surface area contributed by atoms with Crippen LogP contribution in [0.3, 0.4) is 0 Å². The van der Waals surface area contributed by atoms with Gasteiger partial charge < -0.3 is 9.84 Å². The molecule has 2 unspecified atom stereocenters. The molecule has 4 heteroatoms. The summed E-state index contributed by atoms with van der Waals surface area (Å²) < 4.78 is 5.28. The molecule has 0 radical (unpaired) electrons. The Morgan fingerprint density at radius 3 is 2.36 bits per heavy atom. The number of hydrogen-bond donors (Lipinski definition) is 2. The Bertz CT molecular complexity index is 978. The van der Waals surface area contributed by atoms with Crippen LogP contribution in [0, 0.1) is 6.92 Å². The molecule has 28 heavy (non-hydrogen) atoms. The first-order valence-electron chi connectivity index (χ1n) is 9.45. The van der Waals surface area contributed by atoms with Crippen LogP contribution in [-0.4, -0.2) is 17.9 Å². The average Bonchev–Trinajstić information content (AvgIpc) is 2.74. The minimum Gasteiger partial charge on any atom is -0.508 e. The molecule has 2 atom stereocenters. The van der Waals surface area contributed by atoms with Gasteiger partial charge in [-0.25, -0.2) is 0 Å². The zero-order valence-electron chi connectivity index (χ0n) is 16.1. The number of aromatic hydroxyl groups is 1. The highest BCUT2D eigenvalue weighted by atomic mass is 16.5. The molecule has 3 aromatic rings. The van der Waals surface area contributed by atoms with Crippen molar-refractivity contribution in [3.05, 3.63) is 95.1 Å². The molecule has 1 aliphatic heterocycles. The van der Waals surface area contributed by atoms with E-state index in [4.69, 9.17) is 9.73 Å². The molecule has 4 nitrogen and oxygen atoms in total. The lowest BCUT2D eigenvalue weighted by molar-refractivity contribution is 0.408. The van der Waals surface area contributed by atoms with Gasteiger partial charge in [-0.05, 0) is 36.2 Å². The molecule has 0 saturated heterocycles. The predicted molar refractivity (Wildman–Crippen MR) is 112 cm³/mol. The molecule has 0 saturated carbocycles. The van der Waals surface area contributed by atoms with E-state index in [1.165, 1.54) is 5.56 Å². The molecule has 4 rings (SSSR count). The minimum absolute atomic E-state index is 0.0258. The number of para-hydroxylation sites is 1. The van der Waals surface area contributed by atoms with E-state index in [0.717, 1.165) is 28.2 Å². The second kappa shape index (κ2) is 7.87. The van der Waals surface area contributed by atoms with E-state index in [9.17, 15) is 5.11 Å². The van der Waals surface area contributed by atoms with Crippen LogP contribution < -0.4 is 10.1 Å². The number of phenolic OH excluding ortho intramolecular Hbond substituents is 1. The quantitative estimate of drug-likeness (QED) is 0.683. The van der Waals surface area contributed by atoms with Gasteiger partial charge in [-0.3, -0.25) is 10.3 Å². The van der Waals surface area contributed by atoms with Gasteiger partial charge in [0.2, 0.25) is 0 Å². The second-order valence-corrected chi connectivity index (χ2v) is 7.10. The van der Waals surface area contributed by atoms with Gasteiger partial charge in [0.25, 0.3) is 0 Å². The highest BCUT2D eigenvalue weighted by Gasteiger charge is 2.27. The number of nitrogens with zero attached hydrogens (tertiary/aromatic N) is 1. The summed E-state index contributed by atoms with van der Waals surface area (Å²) >= 11 is 0. The van der Waals surface area contributed by atoms with E-state index < -0.39 is 0 Å². The van der Waals surface area contributed by atoms with E-state index in [0.29, 0.717) is 12.2 Å². The third-order valence-electron chi connectivity index (χ3n) is 5.17. The van der Waals surface area contributed by atoms with Crippen LogP contribution in [0.4, 0.5) is 0 Å². The maximum absolute atomic E-state index is 10.4. The van der Waals surface area contributed by atoms with Crippen LogP contribution >= 0.6 is 0 Å². The van der Waals surface area contributed by atoms with E-state index in [1.54, 1.807) is 13.2 Å². The fraction of sp³-hybridized carbons (Fsp3) is 0.208. The summed E-state index contributed by atoms with van der Waals surface area (Å²) in [4.78, 5) is 5.00. The van der Waals surface area contributed by atoms with Crippen LogP contribution in [0.15, 0.2) is 77.8 Å². The van der Waals surface area contributed by atoms with Crippen molar-refractivity contribution in [1.82, 2.24) is 5.32 Å². The second-order valence-electron chi connectivity index (χ2n) is 7.10. The Balaban J connectivity index is 1.73. The fourth-order valence-electron chi connectivity index (χ4n) is 3.57. The van der Waals surface area contributed by atoms with Crippen molar-refractivity contribution < 1.29 is 9.84 Å². The van der Waals surface area contributed by atoms with Crippen molar-refractivity contribution in [2.45, 2.75) is 25.6 Å². The molecule has 3 aromatic carbocycles. The van der Waals surface area contributed by atoms with Crippen molar-refractivity contribution in [3.8, 4) is 11.5 Å². The summed E-state index contributed by atoms with van der Waals surface area (Å²) in [5, 5.41) is 14.0. The van der Waals surface area contributed by atoms with E-state index in [1.807, 2.05) is 42.5 Å². The van der Waals surface area contributed by atoms with Gasteiger partial charge >= 0.3 is 0 Å². The predicted octanol–water partition coefficient (Wildman–Crippen LogP) is 4.93.